The number of carbonyl (C=O) groups excluding carboxylic acids is 1. The van der Waals surface area contributed by atoms with Crippen LogP contribution in [0.3, 0.4) is 0 Å². The third kappa shape index (κ3) is 4.37. The average molecular weight is 317 g/mol. The molecule has 0 atom stereocenters. The van der Waals surface area contributed by atoms with E-state index in [1.54, 1.807) is 12.1 Å². The fourth-order valence-corrected chi connectivity index (χ4v) is 2.79. The minimum Gasteiger partial charge on any atom is -0.336 e. The van der Waals surface area contributed by atoms with Gasteiger partial charge in [-0.25, -0.2) is 0 Å². The Balaban J connectivity index is 0.00000200. The largest absolute Gasteiger partial charge is 0.336 e. The van der Waals surface area contributed by atoms with Crippen molar-refractivity contribution in [2.45, 2.75) is 32.2 Å². The highest BCUT2D eigenvalue weighted by Gasteiger charge is 2.25. The second-order valence-corrected chi connectivity index (χ2v) is 5.43. The van der Waals surface area contributed by atoms with Gasteiger partial charge in [0.05, 0.1) is 0 Å². The Hall–Kier alpha value is -0.770. The number of benzene rings is 1. The van der Waals surface area contributed by atoms with Crippen LogP contribution >= 0.6 is 24.0 Å². The molecule has 5 heteroatoms. The van der Waals surface area contributed by atoms with Crippen molar-refractivity contribution in [3.63, 3.8) is 0 Å². The molecular formula is C15H22Cl2N2O. The fraction of sp³-hybridized carbons (Fsp3) is 0.533. The molecule has 1 aliphatic rings. The minimum absolute atomic E-state index is 0. The molecule has 1 amide bonds. The Kier molecular flexibility index (Phi) is 7.35. The predicted molar refractivity (Wildman–Crippen MR) is 85.9 cm³/mol. The van der Waals surface area contributed by atoms with Gasteiger partial charge in [0.15, 0.2) is 0 Å². The molecule has 0 aromatic heterocycles. The summed E-state index contributed by atoms with van der Waals surface area (Å²) in [7, 11) is 0. The zero-order valence-electron chi connectivity index (χ0n) is 11.8. The van der Waals surface area contributed by atoms with E-state index in [1.165, 1.54) is 0 Å². The average Bonchev–Trinajstić information content (AvgIpc) is 2.45. The van der Waals surface area contributed by atoms with E-state index in [1.807, 2.05) is 17.0 Å². The summed E-state index contributed by atoms with van der Waals surface area (Å²) in [4.78, 5) is 14.7. The number of amides is 1. The molecule has 3 nitrogen and oxygen atoms in total. The molecule has 1 aromatic carbocycles. The van der Waals surface area contributed by atoms with Gasteiger partial charge in [-0.15, -0.1) is 12.4 Å². The van der Waals surface area contributed by atoms with Crippen molar-refractivity contribution in [2.24, 2.45) is 0 Å². The lowest BCUT2D eigenvalue weighted by Gasteiger charge is -2.34. The number of nitrogens with one attached hydrogen (secondary N) is 1. The molecule has 1 aliphatic heterocycles. The van der Waals surface area contributed by atoms with E-state index in [-0.39, 0.29) is 18.3 Å². The molecule has 0 radical (unpaired) electrons. The maximum Gasteiger partial charge on any atom is 0.254 e. The number of hydrogen-bond acceptors (Lipinski definition) is 2. The highest BCUT2D eigenvalue weighted by atomic mass is 35.5. The zero-order chi connectivity index (χ0) is 13.7. The number of carbonyl (C=O) groups is 1. The first-order valence-electron chi connectivity index (χ1n) is 6.99. The number of hydrogen-bond donors (Lipinski definition) is 1. The number of halogens is 2. The first-order valence-corrected chi connectivity index (χ1v) is 7.37. The van der Waals surface area contributed by atoms with Crippen molar-refractivity contribution in [1.29, 1.82) is 0 Å². The van der Waals surface area contributed by atoms with Crippen molar-refractivity contribution < 1.29 is 4.79 Å². The lowest BCUT2D eigenvalue weighted by Crippen LogP contribution is -2.46. The predicted octanol–water partition coefficient (Wildman–Crippen LogP) is 3.37. The first-order chi connectivity index (χ1) is 9.22. The summed E-state index contributed by atoms with van der Waals surface area (Å²) in [6.45, 7) is 4.91. The second kappa shape index (κ2) is 8.50. The molecule has 0 aliphatic carbocycles. The zero-order valence-corrected chi connectivity index (χ0v) is 13.3. The van der Waals surface area contributed by atoms with Crippen LogP contribution in [0.15, 0.2) is 24.3 Å². The third-order valence-corrected chi connectivity index (χ3v) is 3.78. The Morgan fingerprint density at radius 3 is 2.70 bits per heavy atom. The van der Waals surface area contributed by atoms with E-state index in [4.69, 9.17) is 11.6 Å². The molecule has 1 aromatic rings. The Labute approximate surface area is 132 Å². The van der Waals surface area contributed by atoms with E-state index in [9.17, 15) is 4.79 Å². The monoisotopic (exact) mass is 316 g/mol. The van der Waals surface area contributed by atoms with Gasteiger partial charge < -0.3 is 10.2 Å². The molecule has 1 saturated heterocycles. The molecule has 1 fully saturated rings. The topological polar surface area (TPSA) is 32.3 Å². The van der Waals surface area contributed by atoms with Gasteiger partial charge in [0.1, 0.15) is 0 Å². The first kappa shape index (κ1) is 17.3. The lowest BCUT2D eigenvalue weighted by molar-refractivity contribution is 0.0642. The normalized spacial score (nSPS) is 15.5. The van der Waals surface area contributed by atoms with Crippen LogP contribution in [-0.4, -0.2) is 36.5 Å². The lowest BCUT2D eigenvalue weighted by atomic mass is 10.0. The van der Waals surface area contributed by atoms with Crippen LogP contribution in [-0.2, 0) is 0 Å². The molecule has 0 saturated carbocycles. The van der Waals surface area contributed by atoms with Crippen molar-refractivity contribution >= 4 is 29.9 Å². The van der Waals surface area contributed by atoms with Gasteiger partial charge in [-0.3, -0.25) is 4.79 Å². The van der Waals surface area contributed by atoms with E-state index in [0.717, 1.165) is 38.9 Å². The minimum atomic E-state index is 0. The summed E-state index contributed by atoms with van der Waals surface area (Å²) < 4.78 is 0. The number of rotatable bonds is 4. The third-order valence-electron chi connectivity index (χ3n) is 3.55. The summed E-state index contributed by atoms with van der Waals surface area (Å²) in [6, 6.07) is 7.59. The molecule has 0 spiro atoms. The van der Waals surface area contributed by atoms with E-state index < -0.39 is 0 Å². The molecule has 0 unspecified atom stereocenters. The summed E-state index contributed by atoms with van der Waals surface area (Å²) in [6.07, 6.45) is 3.05. The highest BCUT2D eigenvalue weighted by molar-refractivity contribution is 6.30. The molecule has 112 valence electrons. The van der Waals surface area contributed by atoms with E-state index in [2.05, 4.69) is 12.2 Å². The maximum atomic E-state index is 12.6. The van der Waals surface area contributed by atoms with Gasteiger partial charge in [0.25, 0.3) is 5.91 Å². The second-order valence-electron chi connectivity index (χ2n) is 4.99. The molecule has 20 heavy (non-hydrogen) atoms. The Morgan fingerprint density at radius 1 is 1.40 bits per heavy atom. The van der Waals surface area contributed by atoms with Crippen molar-refractivity contribution in [1.82, 2.24) is 10.2 Å². The summed E-state index contributed by atoms with van der Waals surface area (Å²) in [5.74, 6) is 0.108. The van der Waals surface area contributed by atoms with Crippen molar-refractivity contribution in [2.75, 3.05) is 19.6 Å². The Bertz CT molecular complexity index is 434. The maximum absolute atomic E-state index is 12.6. The van der Waals surface area contributed by atoms with Gasteiger partial charge in [-0.05, 0) is 50.6 Å². The van der Waals surface area contributed by atoms with Gasteiger partial charge in [0.2, 0.25) is 0 Å². The van der Waals surface area contributed by atoms with E-state index in [0.29, 0.717) is 16.6 Å². The van der Waals surface area contributed by atoms with Crippen LogP contribution in [0.2, 0.25) is 5.02 Å². The molecule has 0 bridgehead atoms. The molecular weight excluding hydrogens is 295 g/mol. The number of nitrogens with zero attached hydrogens (tertiary/aromatic N) is 1. The summed E-state index contributed by atoms with van der Waals surface area (Å²) >= 11 is 5.98. The van der Waals surface area contributed by atoms with Gasteiger partial charge in [0, 0.05) is 23.2 Å². The smallest absolute Gasteiger partial charge is 0.254 e. The van der Waals surface area contributed by atoms with Crippen LogP contribution in [0.5, 0.6) is 0 Å². The molecule has 1 N–H and O–H groups in total. The SMILES string of the molecule is CCCN(C(=O)c1cccc(Cl)c1)C1CCNCC1.Cl. The van der Waals surface area contributed by atoms with Crippen LogP contribution in [0.25, 0.3) is 0 Å². The van der Waals surface area contributed by atoms with Crippen LogP contribution in [0, 0.1) is 0 Å². The summed E-state index contributed by atoms with van der Waals surface area (Å²) in [5, 5.41) is 3.96. The number of piperidine rings is 1. The highest BCUT2D eigenvalue weighted by Crippen LogP contribution is 2.18. The molecule has 2 rings (SSSR count). The summed E-state index contributed by atoms with van der Waals surface area (Å²) in [5.41, 5.74) is 0.694. The van der Waals surface area contributed by atoms with Crippen LogP contribution < -0.4 is 5.32 Å². The van der Waals surface area contributed by atoms with Crippen LogP contribution in [0.4, 0.5) is 0 Å². The standard InChI is InChI=1S/C15H21ClN2O.ClH/c1-2-10-18(14-6-8-17-9-7-14)15(19)12-4-3-5-13(16)11-12;/h3-5,11,14,17H,2,6-10H2,1H3;1H. The van der Waals surface area contributed by atoms with Crippen molar-refractivity contribution in [3.8, 4) is 0 Å². The van der Waals surface area contributed by atoms with Crippen molar-refractivity contribution in [3.05, 3.63) is 34.9 Å². The van der Waals surface area contributed by atoms with E-state index >= 15 is 0 Å². The fourth-order valence-electron chi connectivity index (χ4n) is 2.60. The van der Waals surface area contributed by atoms with Crippen LogP contribution in [0.1, 0.15) is 36.5 Å². The quantitative estimate of drug-likeness (QED) is 0.923. The van der Waals surface area contributed by atoms with Gasteiger partial charge in [-0.2, -0.15) is 0 Å². The van der Waals surface area contributed by atoms with Gasteiger partial charge in [-0.1, -0.05) is 24.6 Å². The van der Waals surface area contributed by atoms with Gasteiger partial charge >= 0.3 is 0 Å². The Morgan fingerprint density at radius 2 is 2.10 bits per heavy atom. The molecule has 1 heterocycles.